The number of carbonyl (C=O) groups is 1. The third kappa shape index (κ3) is 1.74. The lowest BCUT2D eigenvalue weighted by molar-refractivity contribution is -0.111. The first-order valence-electron chi connectivity index (χ1n) is 2.57. The van der Waals surface area contributed by atoms with Crippen LogP contribution in [0.1, 0.15) is 13.8 Å². The average molecular weight is 111 g/mol. The summed E-state index contributed by atoms with van der Waals surface area (Å²) in [5.41, 5.74) is 0. The van der Waals surface area contributed by atoms with Gasteiger partial charge in [0.15, 0.2) is 0 Å². The second kappa shape index (κ2) is 3.20. The summed E-state index contributed by atoms with van der Waals surface area (Å²) in [5, 5.41) is 8.23. The highest BCUT2D eigenvalue weighted by atomic mass is 16.1. The van der Waals surface area contributed by atoms with E-state index in [1.807, 2.05) is 6.07 Å². The van der Waals surface area contributed by atoms with Crippen molar-refractivity contribution in [3.05, 3.63) is 0 Å². The van der Waals surface area contributed by atoms with Crippen molar-refractivity contribution in [3.63, 3.8) is 0 Å². The Morgan fingerprint density at radius 1 is 1.62 bits per heavy atom. The molecule has 0 saturated heterocycles. The first kappa shape index (κ1) is 7.16. The van der Waals surface area contributed by atoms with Gasteiger partial charge in [0.05, 0.1) is 12.0 Å². The molecular formula is C6H9NO. The number of hydrogen-bond acceptors (Lipinski definition) is 2. The fourth-order valence-corrected chi connectivity index (χ4v) is 0.235. The molecule has 0 aromatic carbocycles. The van der Waals surface area contributed by atoms with E-state index in [0.29, 0.717) is 0 Å². The molecule has 0 N–H and O–H groups in total. The molecule has 0 aliphatic carbocycles. The maximum absolute atomic E-state index is 9.95. The molecule has 0 rings (SSSR count). The van der Waals surface area contributed by atoms with Gasteiger partial charge in [-0.25, -0.2) is 0 Å². The Labute approximate surface area is 49.1 Å². The quantitative estimate of drug-likeness (QED) is 0.498. The van der Waals surface area contributed by atoms with Crippen LogP contribution < -0.4 is 0 Å². The zero-order valence-electron chi connectivity index (χ0n) is 5.09. The maximum atomic E-state index is 9.95. The van der Waals surface area contributed by atoms with Crippen LogP contribution in [-0.2, 0) is 4.79 Å². The van der Waals surface area contributed by atoms with Crippen molar-refractivity contribution in [1.29, 1.82) is 5.26 Å². The molecule has 0 heterocycles. The van der Waals surface area contributed by atoms with E-state index in [2.05, 4.69) is 0 Å². The van der Waals surface area contributed by atoms with Gasteiger partial charge in [-0.15, -0.1) is 0 Å². The monoisotopic (exact) mass is 111 g/mol. The fraction of sp³-hybridized carbons (Fsp3) is 0.667. The molecule has 0 amide bonds. The summed E-state index contributed by atoms with van der Waals surface area (Å²) in [6.45, 7) is 3.47. The minimum atomic E-state index is -0.146. The van der Waals surface area contributed by atoms with E-state index in [-0.39, 0.29) is 11.8 Å². The summed E-state index contributed by atoms with van der Waals surface area (Å²) in [6, 6.07) is 1.98. The van der Waals surface area contributed by atoms with Crippen molar-refractivity contribution in [2.24, 2.45) is 11.8 Å². The van der Waals surface area contributed by atoms with Gasteiger partial charge in [-0.1, -0.05) is 6.92 Å². The number of rotatable bonds is 2. The summed E-state index contributed by atoms with van der Waals surface area (Å²) >= 11 is 0. The Hall–Kier alpha value is -0.840. The molecule has 2 atom stereocenters. The molecule has 0 spiro atoms. The summed E-state index contributed by atoms with van der Waals surface area (Å²) < 4.78 is 0. The van der Waals surface area contributed by atoms with Crippen LogP contribution in [0, 0.1) is 23.2 Å². The molecule has 0 bridgehead atoms. The molecule has 44 valence electrons. The van der Waals surface area contributed by atoms with Crippen molar-refractivity contribution >= 4 is 6.29 Å². The van der Waals surface area contributed by atoms with Gasteiger partial charge in [0.1, 0.15) is 6.29 Å². The Kier molecular flexibility index (Phi) is 2.86. The molecule has 0 radical (unpaired) electrons. The number of nitriles is 1. The number of carbonyl (C=O) groups excluding carboxylic acids is 1. The van der Waals surface area contributed by atoms with Crippen LogP contribution >= 0.6 is 0 Å². The normalized spacial score (nSPS) is 16.1. The van der Waals surface area contributed by atoms with Gasteiger partial charge in [-0.05, 0) is 6.92 Å². The topological polar surface area (TPSA) is 40.9 Å². The predicted octanol–water partition coefficient (Wildman–Crippen LogP) is 0.981. The molecule has 0 aliphatic rings. The number of hydrogen-bond donors (Lipinski definition) is 0. The summed E-state index contributed by atoms with van der Waals surface area (Å²) in [5.74, 6) is -0.271. The van der Waals surface area contributed by atoms with E-state index in [9.17, 15) is 4.79 Å². The van der Waals surface area contributed by atoms with Crippen LogP contribution in [0.5, 0.6) is 0 Å². The second-order valence-corrected chi connectivity index (χ2v) is 1.91. The van der Waals surface area contributed by atoms with Gasteiger partial charge in [0, 0.05) is 5.92 Å². The zero-order chi connectivity index (χ0) is 6.57. The number of aldehydes is 1. The van der Waals surface area contributed by atoms with E-state index >= 15 is 0 Å². The van der Waals surface area contributed by atoms with Crippen LogP contribution in [0.4, 0.5) is 0 Å². The Bertz CT molecular complexity index is 114. The van der Waals surface area contributed by atoms with E-state index in [1.54, 1.807) is 13.8 Å². The second-order valence-electron chi connectivity index (χ2n) is 1.91. The predicted molar refractivity (Wildman–Crippen MR) is 30.0 cm³/mol. The molecule has 1 unspecified atom stereocenters. The van der Waals surface area contributed by atoms with Crippen molar-refractivity contribution in [1.82, 2.24) is 0 Å². The third-order valence-electron chi connectivity index (χ3n) is 1.21. The summed E-state index contributed by atoms with van der Waals surface area (Å²) in [4.78, 5) is 9.95. The van der Waals surface area contributed by atoms with Crippen LogP contribution in [0.15, 0.2) is 0 Å². The minimum Gasteiger partial charge on any atom is -0.303 e. The van der Waals surface area contributed by atoms with Gasteiger partial charge in [-0.2, -0.15) is 5.26 Å². The molecular weight excluding hydrogens is 102 g/mol. The fourth-order valence-electron chi connectivity index (χ4n) is 0.235. The largest absolute Gasteiger partial charge is 0.303 e. The van der Waals surface area contributed by atoms with Gasteiger partial charge in [0.2, 0.25) is 0 Å². The highest BCUT2D eigenvalue weighted by molar-refractivity contribution is 5.53. The molecule has 0 aromatic heterocycles. The summed E-state index contributed by atoms with van der Waals surface area (Å²) in [7, 11) is 0. The molecule has 0 fully saturated rings. The van der Waals surface area contributed by atoms with E-state index in [1.165, 1.54) is 0 Å². The maximum Gasteiger partial charge on any atom is 0.124 e. The molecule has 0 aliphatic heterocycles. The van der Waals surface area contributed by atoms with Crippen molar-refractivity contribution in [3.8, 4) is 6.07 Å². The minimum absolute atomic E-state index is 0.125. The Morgan fingerprint density at radius 2 is 2.12 bits per heavy atom. The van der Waals surface area contributed by atoms with Crippen LogP contribution in [0.2, 0.25) is 0 Å². The lowest BCUT2D eigenvalue weighted by Crippen LogP contribution is -2.05. The van der Waals surface area contributed by atoms with Crippen molar-refractivity contribution in [2.75, 3.05) is 0 Å². The van der Waals surface area contributed by atoms with Crippen LogP contribution in [-0.4, -0.2) is 6.29 Å². The van der Waals surface area contributed by atoms with Gasteiger partial charge >= 0.3 is 0 Å². The Morgan fingerprint density at radius 3 is 2.25 bits per heavy atom. The molecule has 2 nitrogen and oxygen atoms in total. The Balaban J connectivity index is 3.66. The molecule has 0 saturated carbocycles. The van der Waals surface area contributed by atoms with Gasteiger partial charge < -0.3 is 4.79 Å². The smallest absolute Gasteiger partial charge is 0.124 e. The van der Waals surface area contributed by atoms with E-state index in [4.69, 9.17) is 5.26 Å². The molecule has 2 heteroatoms. The van der Waals surface area contributed by atoms with Gasteiger partial charge in [-0.3, -0.25) is 0 Å². The zero-order valence-corrected chi connectivity index (χ0v) is 5.09. The number of nitrogens with zero attached hydrogens (tertiary/aromatic N) is 1. The molecule has 8 heavy (non-hydrogen) atoms. The summed E-state index contributed by atoms with van der Waals surface area (Å²) in [6.07, 6.45) is 0.799. The van der Waals surface area contributed by atoms with Crippen molar-refractivity contribution in [2.45, 2.75) is 13.8 Å². The SMILES string of the molecule is CC(C#N)[C@H](C)C=O. The van der Waals surface area contributed by atoms with Crippen LogP contribution in [0.25, 0.3) is 0 Å². The average Bonchev–Trinajstić information content (AvgIpc) is 1.84. The van der Waals surface area contributed by atoms with Gasteiger partial charge in [0.25, 0.3) is 0 Å². The van der Waals surface area contributed by atoms with E-state index in [0.717, 1.165) is 6.29 Å². The first-order valence-corrected chi connectivity index (χ1v) is 2.57. The highest BCUT2D eigenvalue weighted by Gasteiger charge is 2.07. The lowest BCUT2D eigenvalue weighted by atomic mass is 10.00. The van der Waals surface area contributed by atoms with E-state index < -0.39 is 0 Å². The third-order valence-corrected chi connectivity index (χ3v) is 1.21. The lowest BCUT2D eigenvalue weighted by Gasteiger charge is -2.01. The first-order chi connectivity index (χ1) is 3.72. The van der Waals surface area contributed by atoms with Crippen LogP contribution in [0.3, 0.4) is 0 Å². The van der Waals surface area contributed by atoms with Crippen molar-refractivity contribution < 1.29 is 4.79 Å². The molecule has 0 aromatic rings. The standard InChI is InChI=1S/C6H9NO/c1-5(3-7)6(2)4-8/h4-6H,1-2H3/t5?,6-/m1/s1. The highest BCUT2D eigenvalue weighted by Crippen LogP contribution is 2.04.